The van der Waals surface area contributed by atoms with Crippen LogP contribution in [-0.4, -0.2) is 4.57 Å². The highest BCUT2D eigenvalue weighted by Gasteiger charge is 2.49. The first-order valence-corrected chi connectivity index (χ1v) is 16.8. The maximum atomic E-state index is 2.51. The molecule has 8 aromatic rings. The summed E-state index contributed by atoms with van der Waals surface area (Å²) in [5.41, 5.74) is 13.9. The van der Waals surface area contributed by atoms with Gasteiger partial charge in [-0.15, -0.1) is 0 Å². The van der Waals surface area contributed by atoms with E-state index in [4.69, 9.17) is 0 Å². The van der Waals surface area contributed by atoms with Gasteiger partial charge in [0.25, 0.3) is 0 Å². The minimum atomic E-state index is -0.457. The summed E-state index contributed by atoms with van der Waals surface area (Å²) in [6, 6.07) is 61.0. The Hall–Kier alpha value is -5.31. The predicted molar refractivity (Wildman–Crippen MR) is 191 cm³/mol. The van der Waals surface area contributed by atoms with Crippen LogP contribution >= 0.6 is 11.8 Å². The SMILES string of the molecule is c1ccc(Cc2ccc(-c3ccc4c(c3)C3(c5ccccc5S4)c4ccccc4-n4c5ccccc5c5cccc3c54)cc2)cc1. The van der Waals surface area contributed by atoms with E-state index >= 15 is 0 Å². The Morgan fingerprint density at radius 2 is 1.11 bits per heavy atom. The molecule has 0 fully saturated rings. The normalized spacial score (nSPS) is 15.9. The molecule has 0 saturated heterocycles. The topological polar surface area (TPSA) is 4.93 Å². The van der Waals surface area contributed by atoms with E-state index in [2.05, 4.69) is 168 Å². The van der Waals surface area contributed by atoms with Crippen LogP contribution < -0.4 is 0 Å². The van der Waals surface area contributed by atoms with Gasteiger partial charge in [0, 0.05) is 20.6 Å². The van der Waals surface area contributed by atoms with E-state index in [1.165, 1.54) is 81.8 Å². The molecule has 0 saturated carbocycles. The lowest BCUT2D eigenvalue weighted by Gasteiger charge is -2.45. The Labute approximate surface area is 272 Å². The van der Waals surface area contributed by atoms with Gasteiger partial charge in [0.05, 0.1) is 22.1 Å². The fraction of sp³-hybridized carbons (Fsp3) is 0.0455. The quantitative estimate of drug-likeness (QED) is 0.194. The molecule has 7 aromatic carbocycles. The number of hydrogen-bond acceptors (Lipinski definition) is 1. The molecular formula is C44H29NS. The lowest BCUT2D eigenvalue weighted by molar-refractivity contribution is 0.690. The molecule has 0 aliphatic carbocycles. The zero-order valence-corrected chi connectivity index (χ0v) is 26.0. The van der Waals surface area contributed by atoms with Crippen molar-refractivity contribution in [3.63, 3.8) is 0 Å². The van der Waals surface area contributed by atoms with Crippen LogP contribution in [0.3, 0.4) is 0 Å². The molecule has 1 unspecified atom stereocenters. The summed E-state index contributed by atoms with van der Waals surface area (Å²) in [7, 11) is 0. The van der Waals surface area contributed by atoms with Crippen LogP contribution in [0.1, 0.15) is 33.4 Å². The fourth-order valence-electron chi connectivity index (χ4n) is 8.15. The molecule has 10 rings (SSSR count). The van der Waals surface area contributed by atoms with Crippen LogP contribution in [0.25, 0.3) is 38.6 Å². The number of fused-ring (bicyclic) bond motifs is 11. The van der Waals surface area contributed by atoms with Crippen molar-refractivity contribution in [2.24, 2.45) is 0 Å². The molecule has 0 amide bonds. The minimum absolute atomic E-state index is 0.457. The van der Waals surface area contributed by atoms with Crippen molar-refractivity contribution in [1.29, 1.82) is 0 Å². The van der Waals surface area contributed by atoms with Crippen molar-refractivity contribution in [1.82, 2.24) is 4.57 Å². The van der Waals surface area contributed by atoms with Crippen molar-refractivity contribution in [2.75, 3.05) is 0 Å². The van der Waals surface area contributed by atoms with E-state index < -0.39 is 5.41 Å². The first-order valence-electron chi connectivity index (χ1n) is 16.0. The van der Waals surface area contributed by atoms with E-state index in [1.54, 1.807) is 0 Å². The van der Waals surface area contributed by atoms with Crippen molar-refractivity contribution in [3.8, 4) is 16.8 Å². The largest absolute Gasteiger partial charge is 0.309 e. The molecule has 1 spiro atoms. The average molecular weight is 604 g/mol. The van der Waals surface area contributed by atoms with Crippen LogP contribution in [-0.2, 0) is 11.8 Å². The number of benzene rings is 7. The smallest absolute Gasteiger partial charge is 0.0764 e. The second-order valence-electron chi connectivity index (χ2n) is 12.5. The van der Waals surface area contributed by atoms with E-state index in [0.717, 1.165) is 6.42 Å². The molecule has 2 aliphatic heterocycles. The number of rotatable bonds is 3. The minimum Gasteiger partial charge on any atom is -0.309 e. The first-order chi connectivity index (χ1) is 22.8. The van der Waals surface area contributed by atoms with E-state index in [1.807, 2.05) is 11.8 Å². The van der Waals surface area contributed by atoms with Crippen molar-refractivity contribution >= 4 is 33.6 Å². The van der Waals surface area contributed by atoms with Gasteiger partial charge in [0.15, 0.2) is 0 Å². The lowest BCUT2D eigenvalue weighted by Crippen LogP contribution is -2.37. The summed E-state index contributed by atoms with van der Waals surface area (Å²) in [5, 5.41) is 2.61. The summed E-state index contributed by atoms with van der Waals surface area (Å²) in [4.78, 5) is 2.64. The Kier molecular flexibility index (Phi) is 5.56. The molecule has 0 radical (unpaired) electrons. The zero-order chi connectivity index (χ0) is 30.2. The number of para-hydroxylation sites is 3. The summed E-state index contributed by atoms with van der Waals surface area (Å²) in [6.45, 7) is 0. The molecule has 0 bridgehead atoms. The van der Waals surface area contributed by atoms with Gasteiger partial charge in [-0.3, -0.25) is 0 Å². The second kappa shape index (κ2) is 9.84. The van der Waals surface area contributed by atoms with Gasteiger partial charge in [-0.05, 0) is 81.3 Å². The van der Waals surface area contributed by atoms with Gasteiger partial charge >= 0.3 is 0 Å². The molecule has 3 heterocycles. The third-order valence-electron chi connectivity index (χ3n) is 10.1. The van der Waals surface area contributed by atoms with Crippen LogP contribution in [0.15, 0.2) is 174 Å². The standard InChI is InChI=1S/C44H29NS/c1-2-11-29(12-3-1)27-30-21-23-31(24-22-30)32-25-26-42-38(28-32)44(36-16-6-9-20-41(36)46-42)35-15-5-8-19-40(35)45-39-18-7-4-13-33(39)34-14-10-17-37(44)43(34)45/h1-26,28H,27H2. The summed E-state index contributed by atoms with van der Waals surface area (Å²) in [6.07, 6.45) is 0.941. The molecule has 46 heavy (non-hydrogen) atoms. The molecule has 1 aromatic heterocycles. The Morgan fingerprint density at radius 3 is 2.00 bits per heavy atom. The maximum absolute atomic E-state index is 2.51. The van der Waals surface area contributed by atoms with Gasteiger partial charge in [-0.1, -0.05) is 145 Å². The van der Waals surface area contributed by atoms with E-state index in [-0.39, 0.29) is 0 Å². The van der Waals surface area contributed by atoms with Crippen LogP contribution in [0.4, 0.5) is 0 Å². The monoisotopic (exact) mass is 603 g/mol. The summed E-state index contributed by atoms with van der Waals surface area (Å²) < 4.78 is 2.51. The van der Waals surface area contributed by atoms with Crippen LogP contribution in [0, 0.1) is 0 Å². The Morgan fingerprint density at radius 1 is 0.457 bits per heavy atom. The summed E-state index contributed by atoms with van der Waals surface area (Å²) in [5.74, 6) is 0. The zero-order valence-electron chi connectivity index (χ0n) is 25.2. The highest BCUT2D eigenvalue weighted by molar-refractivity contribution is 7.99. The van der Waals surface area contributed by atoms with Crippen molar-refractivity contribution in [2.45, 2.75) is 21.6 Å². The van der Waals surface area contributed by atoms with Crippen molar-refractivity contribution < 1.29 is 0 Å². The van der Waals surface area contributed by atoms with Crippen LogP contribution in [0.5, 0.6) is 0 Å². The molecule has 2 heteroatoms. The Balaban J connectivity index is 1.25. The molecular weight excluding hydrogens is 575 g/mol. The van der Waals surface area contributed by atoms with Gasteiger partial charge in [0.2, 0.25) is 0 Å². The average Bonchev–Trinajstić information content (AvgIpc) is 3.46. The van der Waals surface area contributed by atoms with Gasteiger partial charge in [-0.2, -0.15) is 0 Å². The lowest BCUT2D eigenvalue weighted by atomic mass is 9.62. The molecule has 216 valence electrons. The maximum Gasteiger partial charge on any atom is 0.0764 e. The van der Waals surface area contributed by atoms with Gasteiger partial charge in [0.1, 0.15) is 0 Å². The predicted octanol–water partition coefficient (Wildman–Crippen LogP) is 11.2. The molecule has 1 atom stereocenters. The highest BCUT2D eigenvalue weighted by Crippen LogP contribution is 2.60. The molecule has 0 N–H and O–H groups in total. The molecule has 2 aliphatic rings. The number of nitrogens with zero attached hydrogens (tertiary/aromatic N) is 1. The van der Waals surface area contributed by atoms with Crippen molar-refractivity contribution in [3.05, 3.63) is 197 Å². The first kappa shape index (κ1) is 26.0. The van der Waals surface area contributed by atoms with E-state index in [9.17, 15) is 0 Å². The van der Waals surface area contributed by atoms with Crippen LogP contribution in [0.2, 0.25) is 0 Å². The third kappa shape index (κ3) is 3.53. The van der Waals surface area contributed by atoms with Gasteiger partial charge in [-0.25, -0.2) is 0 Å². The van der Waals surface area contributed by atoms with E-state index in [0.29, 0.717) is 0 Å². The third-order valence-corrected chi connectivity index (χ3v) is 11.2. The molecule has 1 nitrogen and oxygen atoms in total. The number of hydrogen-bond donors (Lipinski definition) is 0. The highest BCUT2D eigenvalue weighted by atomic mass is 32.2. The summed E-state index contributed by atoms with van der Waals surface area (Å²) >= 11 is 1.90. The Bertz CT molecular complexity index is 2470. The van der Waals surface area contributed by atoms with Gasteiger partial charge < -0.3 is 4.57 Å². The fourth-order valence-corrected chi connectivity index (χ4v) is 9.32. The second-order valence-corrected chi connectivity index (χ2v) is 13.6. The number of aromatic nitrogens is 1.